The summed E-state index contributed by atoms with van der Waals surface area (Å²) in [6.45, 7) is 0.398. The molecule has 7 nitrogen and oxygen atoms in total. The van der Waals surface area contributed by atoms with Crippen LogP contribution in [0.3, 0.4) is 0 Å². The second kappa shape index (κ2) is 9.90. The summed E-state index contributed by atoms with van der Waals surface area (Å²) in [6, 6.07) is 16.0. The molecule has 2 amide bonds. The van der Waals surface area contributed by atoms with Gasteiger partial charge >= 0.3 is 12.1 Å². The highest BCUT2D eigenvalue weighted by atomic mass is 16.5. The van der Waals surface area contributed by atoms with Gasteiger partial charge in [-0.1, -0.05) is 60.7 Å². The lowest BCUT2D eigenvalue weighted by atomic mass is 9.90. The van der Waals surface area contributed by atoms with Gasteiger partial charge in [0.05, 0.1) is 12.5 Å². The number of carboxylic acids is 1. The molecule has 33 heavy (non-hydrogen) atoms. The molecule has 0 radical (unpaired) electrons. The van der Waals surface area contributed by atoms with E-state index >= 15 is 0 Å². The number of hydrogen-bond acceptors (Lipinski definition) is 4. The van der Waals surface area contributed by atoms with Gasteiger partial charge in [0, 0.05) is 25.4 Å². The van der Waals surface area contributed by atoms with E-state index in [0.717, 1.165) is 11.1 Å². The lowest BCUT2D eigenvalue weighted by molar-refractivity contribution is -0.139. The van der Waals surface area contributed by atoms with E-state index in [4.69, 9.17) is 9.84 Å². The van der Waals surface area contributed by atoms with E-state index in [0.29, 0.717) is 12.8 Å². The molecule has 0 fully saturated rings. The number of fused-ring (bicyclic) bond motifs is 3. The topological polar surface area (TPSA) is 95.9 Å². The van der Waals surface area contributed by atoms with Crippen molar-refractivity contribution in [1.82, 2.24) is 10.2 Å². The fourth-order valence-corrected chi connectivity index (χ4v) is 4.67. The Balaban J connectivity index is 1.32. The smallest absolute Gasteiger partial charge is 0.407 e. The first-order chi connectivity index (χ1) is 15.9. The first-order valence-corrected chi connectivity index (χ1v) is 11.2. The number of allylic oxidation sites excluding steroid dienone is 1. The van der Waals surface area contributed by atoms with Crippen molar-refractivity contribution >= 4 is 18.0 Å². The Labute approximate surface area is 193 Å². The molecule has 0 bridgehead atoms. The van der Waals surface area contributed by atoms with Crippen LogP contribution >= 0.6 is 0 Å². The number of alkyl carbamates (subject to hydrolysis) is 1. The predicted molar refractivity (Wildman–Crippen MR) is 124 cm³/mol. The number of rotatable bonds is 7. The van der Waals surface area contributed by atoms with Gasteiger partial charge in [-0.05, 0) is 35.1 Å². The molecule has 4 rings (SSSR count). The monoisotopic (exact) mass is 448 g/mol. The zero-order valence-corrected chi connectivity index (χ0v) is 18.6. The van der Waals surface area contributed by atoms with E-state index in [1.807, 2.05) is 36.4 Å². The van der Waals surface area contributed by atoms with Crippen molar-refractivity contribution in [3.8, 4) is 11.1 Å². The van der Waals surface area contributed by atoms with Crippen LogP contribution in [-0.4, -0.2) is 54.2 Å². The third-order valence-electron chi connectivity index (χ3n) is 6.36. The standard InChI is InChI=1S/C26H28N2O5/c1-28(14-13-24(29)30)25(31)17-7-6-8-18(15-17)27-26(32)33-16-23-21-11-4-2-9-19(21)20-10-3-5-12-22(20)23/h2-6,8-12,17-18,23H,7,13-16H2,1H3,(H,27,32)(H,29,30)/t17-,18-/m1/s1. The minimum absolute atomic E-state index is 0.0118. The fraction of sp³-hybridized carbons (Fsp3) is 0.346. The van der Waals surface area contributed by atoms with E-state index in [-0.39, 0.29) is 43.4 Å². The molecule has 2 N–H and O–H groups in total. The highest BCUT2D eigenvalue weighted by Gasteiger charge is 2.30. The van der Waals surface area contributed by atoms with E-state index < -0.39 is 12.1 Å². The molecule has 2 aliphatic rings. The highest BCUT2D eigenvalue weighted by molar-refractivity contribution is 5.80. The quantitative estimate of drug-likeness (QED) is 0.629. The Kier molecular flexibility index (Phi) is 6.77. The number of benzene rings is 2. The molecular formula is C26H28N2O5. The summed E-state index contributed by atoms with van der Waals surface area (Å²) in [5, 5.41) is 11.7. The minimum atomic E-state index is -0.937. The van der Waals surface area contributed by atoms with Crippen LogP contribution in [-0.2, 0) is 14.3 Å². The number of carboxylic acid groups (broad SMARTS) is 1. The Morgan fingerprint density at radius 1 is 1.06 bits per heavy atom. The highest BCUT2D eigenvalue weighted by Crippen LogP contribution is 2.44. The summed E-state index contributed by atoms with van der Waals surface area (Å²) in [6.07, 6.45) is 4.18. The fourth-order valence-electron chi connectivity index (χ4n) is 4.67. The average Bonchev–Trinajstić information content (AvgIpc) is 3.14. The van der Waals surface area contributed by atoms with Crippen molar-refractivity contribution in [1.29, 1.82) is 0 Å². The largest absolute Gasteiger partial charge is 0.481 e. The summed E-state index contributed by atoms with van der Waals surface area (Å²) < 4.78 is 5.61. The second-order valence-corrected chi connectivity index (χ2v) is 8.58. The molecule has 0 aromatic heterocycles. The number of carbonyl (C=O) groups is 3. The summed E-state index contributed by atoms with van der Waals surface area (Å²) in [4.78, 5) is 37.4. The van der Waals surface area contributed by atoms with Crippen LogP contribution in [0.4, 0.5) is 4.79 Å². The van der Waals surface area contributed by atoms with E-state index in [1.165, 1.54) is 16.0 Å². The van der Waals surface area contributed by atoms with Gasteiger partial charge < -0.3 is 20.1 Å². The predicted octanol–water partition coefficient (Wildman–Crippen LogP) is 3.79. The Hall–Kier alpha value is -3.61. The van der Waals surface area contributed by atoms with Gasteiger partial charge in [0.15, 0.2) is 0 Å². The lowest BCUT2D eigenvalue weighted by Gasteiger charge is -2.28. The first kappa shape index (κ1) is 22.6. The minimum Gasteiger partial charge on any atom is -0.481 e. The van der Waals surface area contributed by atoms with Crippen molar-refractivity contribution < 1.29 is 24.2 Å². The van der Waals surface area contributed by atoms with Gasteiger partial charge in [-0.3, -0.25) is 9.59 Å². The van der Waals surface area contributed by atoms with Crippen molar-refractivity contribution in [2.24, 2.45) is 5.92 Å². The maximum atomic E-state index is 12.6. The molecule has 2 atom stereocenters. The molecular weight excluding hydrogens is 420 g/mol. The number of aliphatic carboxylic acids is 1. The summed E-state index contributed by atoms with van der Waals surface area (Å²) in [5.41, 5.74) is 4.65. The first-order valence-electron chi connectivity index (χ1n) is 11.2. The molecule has 0 aliphatic heterocycles. The van der Waals surface area contributed by atoms with Crippen LogP contribution in [0.1, 0.15) is 36.3 Å². The molecule has 2 aromatic carbocycles. The number of ether oxygens (including phenoxy) is 1. The van der Waals surface area contributed by atoms with Gasteiger partial charge in [-0.2, -0.15) is 0 Å². The molecule has 2 aromatic rings. The molecule has 0 saturated heterocycles. The molecule has 2 aliphatic carbocycles. The number of nitrogens with zero attached hydrogens (tertiary/aromatic N) is 1. The number of amides is 2. The van der Waals surface area contributed by atoms with Crippen LogP contribution in [0.5, 0.6) is 0 Å². The van der Waals surface area contributed by atoms with E-state index in [9.17, 15) is 14.4 Å². The van der Waals surface area contributed by atoms with Gasteiger partial charge in [0.25, 0.3) is 0 Å². The normalized spacial score (nSPS) is 18.8. The zero-order valence-electron chi connectivity index (χ0n) is 18.6. The molecule has 0 unspecified atom stereocenters. The van der Waals surface area contributed by atoms with E-state index in [1.54, 1.807) is 7.05 Å². The summed E-state index contributed by atoms with van der Waals surface area (Å²) in [5.74, 6) is -1.36. The summed E-state index contributed by atoms with van der Waals surface area (Å²) >= 11 is 0. The molecule has 0 spiro atoms. The molecule has 0 heterocycles. The van der Waals surface area contributed by atoms with Crippen molar-refractivity contribution in [2.75, 3.05) is 20.2 Å². The Morgan fingerprint density at radius 2 is 1.70 bits per heavy atom. The van der Waals surface area contributed by atoms with Crippen molar-refractivity contribution in [2.45, 2.75) is 31.2 Å². The van der Waals surface area contributed by atoms with Crippen LogP contribution in [0.15, 0.2) is 60.7 Å². The average molecular weight is 449 g/mol. The van der Waals surface area contributed by atoms with Gasteiger partial charge in [0.1, 0.15) is 6.61 Å². The summed E-state index contributed by atoms with van der Waals surface area (Å²) in [7, 11) is 1.61. The lowest BCUT2D eigenvalue weighted by Crippen LogP contribution is -2.42. The SMILES string of the molecule is CN(CCC(=O)O)C(=O)[C@@H]1CC=C[C@@H](NC(=O)OCC2c3ccccc3-c3ccccc32)C1. The molecule has 172 valence electrons. The van der Waals surface area contributed by atoms with Crippen molar-refractivity contribution in [3.63, 3.8) is 0 Å². The zero-order chi connectivity index (χ0) is 23.4. The van der Waals surface area contributed by atoms with Crippen LogP contribution < -0.4 is 5.32 Å². The van der Waals surface area contributed by atoms with Crippen molar-refractivity contribution in [3.05, 3.63) is 71.8 Å². The van der Waals surface area contributed by atoms with Crippen LogP contribution in [0.25, 0.3) is 11.1 Å². The van der Waals surface area contributed by atoms with E-state index in [2.05, 4.69) is 29.6 Å². The second-order valence-electron chi connectivity index (χ2n) is 8.58. The van der Waals surface area contributed by atoms with Gasteiger partial charge in [0.2, 0.25) is 5.91 Å². The maximum Gasteiger partial charge on any atom is 0.407 e. The number of nitrogens with one attached hydrogen (secondary N) is 1. The van der Waals surface area contributed by atoms with Crippen LogP contribution in [0, 0.1) is 5.92 Å². The molecule has 0 saturated carbocycles. The van der Waals surface area contributed by atoms with Gasteiger partial charge in [-0.25, -0.2) is 4.79 Å². The maximum absolute atomic E-state index is 12.6. The van der Waals surface area contributed by atoms with Crippen LogP contribution in [0.2, 0.25) is 0 Å². The number of hydrogen-bond donors (Lipinski definition) is 2. The number of carbonyl (C=O) groups excluding carboxylic acids is 2. The van der Waals surface area contributed by atoms with Gasteiger partial charge in [-0.15, -0.1) is 0 Å². The third-order valence-corrected chi connectivity index (χ3v) is 6.36. The third kappa shape index (κ3) is 5.08. The Morgan fingerprint density at radius 3 is 2.33 bits per heavy atom. The Bertz CT molecular complexity index is 1030. The molecule has 7 heteroatoms.